The topological polar surface area (TPSA) is 42.4 Å². The summed E-state index contributed by atoms with van der Waals surface area (Å²) < 4.78 is 19.4. The fourth-order valence-electron chi connectivity index (χ4n) is 4.34. The number of halogens is 1. The molecule has 1 aliphatic heterocycles. The van der Waals surface area contributed by atoms with E-state index < -0.39 is 0 Å². The highest BCUT2D eigenvalue weighted by Crippen LogP contribution is 2.32. The van der Waals surface area contributed by atoms with E-state index >= 15 is 0 Å². The lowest BCUT2D eigenvalue weighted by Crippen LogP contribution is -2.56. The summed E-state index contributed by atoms with van der Waals surface area (Å²) in [6.07, 6.45) is 6.73. The van der Waals surface area contributed by atoms with Crippen molar-refractivity contribution in [1.82, 2.24) is 9.88 Å². The first kappa shape index (κ1) is 18.1. The molecule has 1 amide bonds. The van der Waals surface area contributed by atoms with Crippen LogP contribution in [0.25, 0.3) is 0 Å². The van der Waals surface area contributed by atoms with Crippen LogP contribution in [0.1, 0.15) is 42.9 Å². The van der Waals surface area contributed by atoms with Crippen LogP contribution < -0.4 is 0 Å². The van der Waals surface area contributed by atoms with E-state index in [0.29, 0.717) is 19.6 Å². The third kappa shape index (κ3) is 4.03. The molecule has 2 fully saturated rings. The van der Waals surface area contributed by atoms with Crippen LogP contribution in [-0.2, 0) is 16.0 Å². The highest BCUT2D eigenvalue weighted by Gasteiger charge is 2.39. The number of aromatic nitrogens is 1. The van der Waals surface area contributed by atoms with Gasteiger partial charge in [0.1, 0.15) is 5.82 Å². The van der Waals surface area contributed by atoms with Crippen LogP contribution in [0.3, 0.4) is 0 Å². The average molecular weight is 368 g/mol. The van der Waals surface area contributed by atoms with E-state index in [-0.39, 0.29) is 29.8 Å². The van der Waals surface area contributed by atoms with Crippen LogP contribution >= 0.6 is 0 Å². The summed E-state index contributed by atoms with van der Waals surface area (Å²) in [5.74, 6) is -0.546. The van der Waals surface area contributed by atoms with E-state index in [1.165, 1.54) is 18.6 Å². The van der Waals surface area contributed by atoms with Gasteiger partial charge in [0.05, 0.1) is 24.7 Å². The molecule has 1 aromatic carbocycles. The Labute approximate surface area is 159 Å². The van der Waals surface area contributed by atoms with Crippen LogP contribution in [0.15, 0.2) is 48.7 Å². The summed E-state index contributed by atoms with van der Waals surface area (Å²) >= 11 is 0. The van der Waals surface area contributed by atoms with Gasteiger partial charge in [0, 0.05) is 24.9 Å². The van der Waals surface area contributed by atoms with Crippen molar-refractivity contribution < 1.29 is 13.9 Å². The van der Waals surface area contributed by atoms with Gasteiger partial charge in [0.15, 0.2) is 0 Å². The minimum Gasteiger partial charge on any atom is -0.374 e. The van der Waals surface area contributed by atoms with Crippen LogP contribution in [0.2, 0.25) is 0 Å². The van der Waals surface area contributed by atoms with Gasteiger partial charge in [-0.2, -0.15) is 0 Å². The Hall–Kier alpha value is -2.27. The number of nitrogens with zero attached hydrogens (tertiary/aromatic N) is 2. The number of rotatable bonds is 4. The molecule has 4 rings (SSSR count). The summed E-state index contributed by atoms with van der Waals surface area (Å²) in [5, 5.41) is 0. The van der Waals surface area contributed by atoms with Gasteiger partial charge in [0.2, 0.25) is 5.91 Å². The molecule has 1 saturated heterocycles. The van der Waals surface area contributed by atoms with Gasteiger partial charge in [-0.1, -0.05) is 31.0 Å². The number of amides is 1. The summed E-state index contributed by atoms with van der Waals surface area (Å²) in [5.41, 5.74) is 1.71. The predicted molar refractivity (Wildman–Crippen MR) is 101 cm³/mol. The van der Waals surface area contributed by atoms with Gasteiger partial charge < -0.3 is 9.64 Å². The van der Waals surface area contributed by atoms with Crippen molar-refractivity contribution in [3.63, 3.8) is 0 Å². The SMILES string of the molecule is O=C(C(Cc1ccccn1)c1ccc(F)cc1)N1CCOC2CCCCC21. The van der Waals surface area contributed by atoms with Gasteiger partial charge in [-0.15, -0.1) is 0 Å². The third-order valence-electron chi connectivity index (χ3n) is 5.73. The van der Waals surface area contributed by atoms with Crippen molar-refractivity contribution in [2.24, 2.45) is 0 Å². The zero-order chi connectivity index (χ0) is 18.6. The largest absolute Gasteiger partial charge is 0.374 e. The molecule has 0 bridgehead atoms. The maximum absolute atomic E-state index is 13.6. The number of fused-ring (bicyclic) bond motifs is 1. The van der Waals surface area contributed by atoms with Gasteiger partial charge in [-0.05, 0) is 42.7 Å². The number of carbonyl (C=O) groups excluding carboxylic acids is 1. The van der Waals surface area contributed by atoms with Crippen molar-refractivity contribution in [1.29, 1.82) is 0 Å². The number of ether oxygens (including phenoxy) is 1. The molecule has 4 nitrogen and oxygen atoms in total. The molecule has 27 heavy (non-hydrogen) atoms. The van der Waals surface area contributed by atoms with E-state index in [1.54, 1.807) is 18.3 Å². The quantitative estimate of drug-likeness (QED) is 0.826. The van der Waals surface area contributed by atoms with Crippen LogP contribution in [0, 0.1) is 5.82 Å². The molecule has 2 aliphatic rings. The zero-order valence-electron chi connectivity index (χ0n) is 15.4. The second-order valence-corrected chi connectivity index (χ2v) is 7.42. The van der Waals surface area contributed by atoms with E-state index in [0.717, 1.165) is 30.5 Å². The number of carbonyl (C=O) groups is 1. The molecule has 3 atom stereocenters. The Morgan fingerprint density at radius 1 is 1.19 bits per heavy atom. The molecule has 3 unspecified atom stereocenters. The smallest absolute Gasteiger partial charge is 0.230 e. The number of pyridine rings is 1. The molecule has 2 heterocycles. The lowest BCUT2D eigenvalue weighted by atomic mass is 9.87. The van der Waals surface area contributed by atoms with E-state index in [1.807, 2.05) is 23.1 Å². The van der Waals surface area contributed by atoms with Crippen LogP contribution in [-0.4, -0.2) is 41.1 Å². The minimum absolute atomic E-state index is 0.104. The van der Waals surface area contributed by atoms with E-state index in [2.05, 4.69) is 4.98 Å². The van der Waals surface area contributed by atoms with Gasteiger partial charge in [0.25, 0.3) is 0 Å². The Kier molecular flexibility index (Phi) is 5.48. The summed E-state index contributed by atoms with van der Waals surface area (Å²) in [7, 11) is 0. The van der Waals surface area contributed by atoms with Crippen LogP contribution in [0.4, 0.5) is 4.39 Å². The molecule has 1 aromatic heterocycles. The Balaban J connectivity index is 1.62. The molecular formula is C22H25FN2O2. The number of hydrogen-bond donors (Lipinski definition) is 0. The molecular weight excluding hydrogens is 343 g/mol. The summed E-state index contributed by atoms with van der Waals surface area (Å²) in [4.78, 5) is 20.0. The lowest BCUT2D eigenvalue weighted by molar-refractivity contribution is -0.151. The van der Waals surface area contributed by atoms with Crippen molar-refractivity contribution in [2.45, 2.75) is 50.2 Å². The fourth-order valence-corrected chi connectivity index (χ4v) is 4.34. The molecule has 5 heteroatoms. The molecule has 1 saturated carbocycles. The number of benzene rings is 1. The fraction of sp³-hybridized carbons (Fsp3) is 0.455. The van der Waals surface area contributed by atoms with E-state index in [4.69, 9.17) is 4.74 Å². The highest BCUT2D eigenvalue weighted by atomic mass is 19.1. The second-order valence-electron chi connectivity index (χ2n) is 7.42. The molecule has 0 N–H and O–H groups in total. The minimum atomic E-state index is -0.360. The Bertz CT molecular complexity index is 764. The monoisotopic (exact) mass is 368 g/mol. The first-order valence-electron chi connectivity index (χ1n) is 9.80. The van der Waals surface area contributed by atoms with E-state index in [9.17, 15) is 9.18 Å². The maximum atomic E-state index is 13.6. The molecule has 0 spiro atoms. The maximum Gasteiger partial charge on any atom is 0.230 e. The summed E-state index contributed by atoms with van der Waals surface area (Å²) in [6.45, 7) is 1.21. The molecule has 1 aliphatic carbocycles. The standard InChI is InChI=1S/C22H25FN2O2/c23-17-10-8-16(9-11-17)19(15-18-5-3-4-12-24-18)22(26)25-13-14-27-21-7-2-1-6-20(21)25/h3-5,8-12,19-21H,1-2,6-7,13-15H2. The normalized spacial score (nSPS) is 23.5. The van der Waals surface area contributed by atoms with Crippen molar-refractivity contribution >= 4 is 5.91 Å². The molecule has 142 valence electrons. The summed E-state index contributed by atoms with van der Waals surface area (Å²) in [6, 6.07) is 12.2. The van der Waals surface area contributed by atoms with Gasteiger partial charge in [-0.3, -0.25) is 9.78 Å². The Morgan fingerprint density at radius 2 is 2.00 bits per heavy atom. The highest BCUT2D eigenvalue weighted by molar-refractivity contribution is 5.84. The molecule has 2 aromatic rings. The van der Waals surface area contributed by atoms with Crippen molar-refractivity contribution in [3.8, 4) is 0 Å². The Morgan fingerprint density at radius 3 is 2.78 bits per heavy atom. The first-order valence-corrected chi connectivity index (χ1v) is 9.80. The third-order valence-corrected chi connectivity index (χ3v) is 5.73. The number of morpholine rings is 1. The predicted octanol–water partition coefficient (Wildman–Crippen LogP) is 3.72. The zero-order valence-corrected chi connectivity index (χ0v) is 15.4. The van der Waals surface area contributed by atoms with Gasteiger partial charge in [-0.25, -0.2) is 4.39 Å². The van der Waals surface area contributed by atoms with Crippen LogP contribution in [0.5, 0.6) is 0 Å². The lowest BCUT2D eigenvalue weighted by Gasteiger charge is -2.45. The first-order chi connectivity index (χ1) is 13.2. The van der Waals surface area contributed by atoms with Crippen molar-refractivity contribution in [3.05, 3.63) is 65.7 Å². The molecule has 0 radical (unpaired) electrons. The average Bonchev–Trinajstić information content (AvgIpc) is 2.73. The number of hydrogen-bond acceptors (Lipinski definition) is 3. The van der Waals surface area contributed by atoms with Crippen molar-refractivity contribution in [2.75, 3.05) is 13.2 Å². The second kappa shape index (κ2) is 8.17. The van der Waals surface area contributed by atoms with Gasteiger partial charge >= 0.3 is 0 Å².